The standard InChI is InChI=1S/C18H28N2O5/c1-5-14-16-13(6-8-20(14)18(22)25-4)17(24-3)12(10-15(16)23-2)11-19-7-9-21/h10,14,19,21H,5-9,11H2,1-4H3. The molecule has 1 aliphatic heterocycles. The number of carbonyl (C=O) groups is 1. The Morgan fingerprint density at radius 2 is 2.12 bits per heavy atom. The zero-order valence-corrected chi connectivity index (χ0v) is 15.4. The second kappa shape index (κ2) is 8.92. The third-order valence-corrected chi connectivity index (χ3v) is 4.60. The molecule has 7 nitrogen and oxygen atoms in total. The molecule has 7 heteroatoms. The highest BCUT2D eigenvalue weighted by atomic mass is 16.5. The van der Waals surface area contributed by atoms with Gasteiger partial charge in [0.1, 0.15) is 11.5 Å². The summed E-state index contributed by atoms with van der Waals surface area (Å²) >= 11 is 0. The minimum Gasteiger partial charge on any atom is -0.496 e. The highest BCUT2D eigenvalue weighted by Crippen LogP contribution is 2.44. The van der Waals surface area contributed by atoms with Crippen molar-refractivity contribution >= 4 is 6.09 Å². The number of hydrogen-bond donors (Lipinski definition) is 2. The number of nitrogens with one attached hydrogen (secondary N) is 1. The minimum atomic E-state index is -0.327. The van der Waals surface area contributed by atoms with Crippen LogP contribution in [0.5, 0.6) is 11.5 Å². The molecule has 1 heterocycles. The summed E-state index contributed by atoms with van der Waals surface area (Å²) in [6, 6.07) is 1.84. The van der Waals surface area contributed by atoms with Gasteiger partial charge < -0.3 is 29.5 Å². The van der Waals surface area contributed by atoms with Gasteiger partial charge in [-0.15, -0.1) is 0 Å². The van der Waals surface area contributed by atoms with Crippen LogP contribution in [0.3, 0.4) is 0 Å². The summed E-state index contributed by atoms with van der Waals surface area (Å²) in [6.45, 7) is 3.78. The quantitative estimate of drug-likeness (QED) is 0.729. The van der Waals surface area contributed by atoms with E-state index in [4.69, 9.17) is 19.3 Å². The van der Waals surface area contributed by atoms with E-state index in [-0.39, 0.29) is 18.7 Å². The lowest BCUT2D eigenvalue weighted by Crippen LogP contribution is -2.40. The molecule has 0 spiro atoms. The van der Waals surface area contributed by atoms with Gasteiger partial charge in [-0.05, 0) is 18.9 Å². The van der Waals surface area contributed by atoms with E-state index < -0.39 is 0 Å². The van der Waals surface area contributed by atoms with Gasteiger partial charge in [0.25, 0.3) is 0 Å². The molecule has 0 saturated heterocycles. The molecule has 2 N–H and O–H groups in total. The Hall–Kier alpha value is -1.99. The monoisotopic (exact) mass is 352 g/mol. The molecule has 140 valence electrons. The van der Waals surface area contributed by atoms with Crippen molar-refractivity contribution < 1.29 is 24.1 Å². The van der Waals surface area contributed by atoms with Crippen molar-refractivity contribution in [2.45, 2.75) is 32.4 Å². The van der Waals surface area contributed by atoms with E-state index in [0.29, 0.717) is 26.1 Å². The van der Waals surface area contributed by atoms with E-state index in [1.54, 1.807) is 19.1 Å². The molecule has 25 heavy (non-hydrogen) atoms. The van der Waals surface area contributed by atoms with Crippen LogP contribution in [0.15, 0.2) is 6.07 Å². The molecule has 1 amide bonds. The van der Waals surface area contributed by atoms with E-state index >= 15 is 0 Å². The smallest absolute Gasteiger partial charge is 0.410 e. The summed E-state index contributed by atoms with van der Waals surface area (Å²) in [5.41, 5.74) is 3.05. The van der Waals surface area contributed by atoms with Crippen LogP contribution in [0, 0.1) is 0 Å². The summed E-state index contributed by atoms with van der Waals surface area (Å²) in [5.74, 6) is 1.57. The van der Waals surface area contributed by atoms with Crippen molar-refractivity contribution in [3.8, 4) is 11.5 Å². The largest absolute Gasteiger partial charge is 0.496 e. The van der Waals surface area contributed by atoms with Gasteiger partial charge in [-0.1, -0.05) is 6.92 Å². The maximum atomic E-state index is 12.1. The molecule has 0 bridgehead atoms. The van der Waals surface area contributed by atoms with Gasteiger partial charge in [-0.25, -0.2) is 4.79 Å². The van der Waals surface area contributed by atoms with E-state index in [2.05, 4.69) is 5.32 Å². The van der Waals surface area contributed by atoms with Crippen LogP contribution in [0.4, 0.5) is 4.79 Å². The maximum Gasteiger partial charge on any atom is 0.410 e. The molecule has 2 rings (SSSR count). The molecule has 1 aromatic rings. The number of amides is 1. The second-order valence-corrected chi connectivity index (χ2v) is 5.90. The normalized spacial score (nSPS) is 16.4. The molecule has 0 aromatic heterocycles. The van der Waals surface area contributed by atoms with Crippen LogP contribution < -0.4 is 14.8 Å². The third kappa shape index (κ3) is 3.82. The number of aliphatic hydroxyl groups is 1. The number of nitrogens with zero attached hydrogens (tertiary/aromatic N) is 1. The summed E-state index contributed by atoms with van der Waals surface area (Å²) < 4.78 is 16.3. The molecule has 1 aliphatic rings. The predicted molar refractivity (Wildman–Crippen MR) is 94.2 cm³/mol. The molecule has 0 saturated carbocycles. The first-order valence-electron chi connectivity index (χ1n) is 8.55. The number of aliphatic hydroxyl groups excluding tert-OH is 1. The fraction of sp³-hybridized carbons (Fsp3) is 0.611. The number of rotatable bonds is 7. The van der Waals surface area contributed by atoms with E-state index in [1.165, 1.54) is 7.11 Å². The first kappa shape index (κ1) is 19.3. The molecule has 0 radical (unpaired) electrons. The zero-order valence-electron chi connectivity index (χ0n) is 15.4. The maximum absolute atomic E-state index is 12.1. The van der Waals surface area contributed by atoms with Crippen LogP contribution in [0.2, 0.25) is 0 Å². The summed E-state index contributed by atoms with van der Waals surface area (Å²) in [7, 11) is 4.69. The molecule has 1 aromatic carbocycles. The Morgan fingerprint density at radius 3 is 2.68 bits per heavy atom. The lowest BCUT2D eigenvalue weighted by Gasteiger charge is -2.37. The average Bonchev–Trinajstić information content (AvgIpc) is 2.65. The molecule has 1 atom stereocenters. The van der Waals surface area contributed by atoms with Gasteiger partial charge in [0, 0.05) is 36.3 Å². The molecule has 0 fully saturated rings. The number of fused-ring (bicyclic) bond motifs is 1. The SMILES string of the molecule is CCC1c2c(OC)cc(CNCCO)c(OC)c2CCN1C(=O)OC. The first-order chi connectivity index (χ1) is 12.1. The minimum absolute atomic E-state index is 0.0798. The molecule has 1 unspecified atom stereocenters. The Morgan fingerprint density at radius 1 is 1.36 bits per heavy atom. The number of benzene rings is 1. The van der Waals surface area contributed by atoms with E-state index in [9.17, 15) is 4.79 Å². The number of ether oxygens (including phenoxy) is 3. The fourth-order valence-corrected chi connectivity index (χ4v) is 3.54. The summed E-state index contributed by atoms with van der Waals surface area (Å²) in [5, 5.41) is 12.1. The van der Waals surface area contributed by atoms with Crippen LogP contribution in [0.25, 0.3) is 0 Å². The van der Waals surface area contributed by atoms with Crippen molar-refractivity contribution in [2.75, 3.05) is 41.0 Å². The highest BCUT2D eigenvalue weighted by Gasteiger charge is 2.35. The van der Waals surface area contributed by atoms with Crippen LogP contribution in [0.1, 0.15) is 36.1 Å². The lowest BCUT2D eigenvalue weighted by molar-refractivity contribution is 0.0983. The van der Waals surface area contributed by atoms with Crippen LogP contribution >= 0.6 is 0 Å². The number of hydrogen-bond acceptors (Lipinski definition) is 6. The first-order valence-corrected chi connectivity index (χ1v) is 8.55. The van der Waals surface area contributed by atoms with Crippen LogP contribution in [-0.2, 0) is 17.7 Å². The Bertz CT molecular complexity index is 606. The highest BCUT2D eigenvalue weighted by molar-refractivity contribution is 5.70. The summed E-state index contributed by atoms with van der Waals surface area (Å²) in [6.07, 6.45) is 1.10. The van der Waals surface area contributed by atoms with Gasteiger partial charge in [0.05, 0.1) is 34.0 Å². The van der Waals surface area contributed by atoms with Crippen molar-refractivity contribution in [3.63, 3.8) is 0 Å². The molecular weight excluding hydrogens is 324 g/mol. The van der Waals surface area contributed by atoms with Gasteiger partial charge in [0.15, 0.2) is 0 Å². The predicted octanol–water partition coefficient (Wildman–Crippen LogP) is 1.86. The average molecular weight is 352 g/mol. The van der Waals surface area contributed by atoms with Crippen molar-refractivity contribution in [1.29, 1.82) is 0 Å². The lowest BCUT2D eigenvalue weighted by atomic mass is 9.87. The van der Waals surface area contributed by atoms with Crippen molar-refractivity contribution in [2.24, 2.45) is 0 Å². The van der Waals surface area contributed by atoms with E-state index in [0.717, 1.165) is 34.6 Å². The van der Waals surface area contributed by atoms with Crippen molar-refractivity contribution in [3.05, 3.63) is 22.8 Å². The third-order valence-electron chi connectivity index (χ3n) is 4.60. The zero-order chi connectivity index (χ0) is 18.4. The van der Waals surface area contributed by atoms with E-state index in [1.807, 2.05) is 13.0 Å². The van der Waals surface area contributed by atoms with Gasteiger partial charge in [0.2, 0.25) is 0 Å². The molecule has 0 aliphatic carbocycles. The second-order valence-electron chi connectivity index (χ2n) is 5.90. The van der Waals surface area contributed by atoms with Crippen LogP contribution in [-0.4, -0.2) is 57.1 Å². The van der Waals surface area contributed by atoms with Gasteiger partial charge in [-0.2, -0.15) is 0 Å². The topological polar surface area (TPSA) is 80.3 Å². The Labute approximate surface area is 148 Å². The molecular formula is C18H28N2O5. The summed E-state index contributed by atoms with van der Waals surface area (Å²) in [4.78, 5) is 13.9. The fourth-order valence-electron chi connectivity index (χ4n) is 3.54. The van der Waals surface area contributed by atoms with Crippen molar-refractivity contribution in [1.82, 2.24) is 10.2 Å². The Balaban J connectivity index is 2.51. The Kier molecular flexibility index (Phi) is 6.90. The van der Waals surface area contributed by atoms with Gasteiger partial charge >= 0.3 is 6.09 Å². The van der Waals surface area contributed by atoms with Gasteiger partial charge in [-0.3, -0.25) is 0 Å². The number of carbonyl (C=O) groups excluding carboxylic acids is 1. The number of methoxy groups -OCH3 is 3.